The molecule has 0 atom stereocenters. The topological polar surface area (TPSA) is 65.2 Å². The van der Waals surface area contributed by atoms with Crippen LogP contribution in [-0.4, -0.2) is 16.6 Å². The molecule has 0 fully saturated rings. The van der Waals surface area contributed by atoms with Crippen LogP contribution < -0.4 is 5.73 Å². The van der Waals surface area contributed by atoms with Crippen LogP contribution in [0.3, 0.4) is 0 Å². The fraction of sp³-hybridized carbons (Fsp3) is 0.385. The Balaban J connectivity index is 2.19. The number of rotatable bonds is 3. The minimum absolute atomic E-state index is 0.208. The van der Waals surface area contributed by atoms with Crippen molar-refractivity contribution >= 4 is 33.8 Å². The van der Waals surface area contributed by atoms with Gasteiger partial charge in [-0.25, -0.2) is 4.98 Å². The number of nitrogen functional groups attached to an aromatic ring is 1. The summed E-state index contributed by atoms with van der Waals surface area (Å²) >= 11 is 2.92. The number of hydrogen-bond donors (Lipinski definition) is 1. The normalized spacial score (nSPS) is 11.5. The highest BCUT2D eigenvalue weighted by Crippen LogP contribution is 2.33. The molecule has 2 heterocycles. The molecule has 0 unspecified atom stereocenters. The Hall–Kier alpha value is -1.40. The van der Waals surface area contributed by atoms with E-state index in [1.165, 1.54) is 11.3 Å². The molecule has 0 spiro atoms. The average molecular weight is 296 g/mol. The van der Waals surface area contributed by atoms with Gasteiger partial charge in [-0.2, -0.15) is 0 Å². The Morgan fingerprint density at radius 2 is 2.21 bits per heavy atom. The van der Waals surface area contributed by atoms with E-state index in [1.54, 1.807) is 11.3 Å². The molecule has 0 bridgehead atoms. The van der Waals surface area contributed by atoms with Crippen LogP contribution in [0.25, 0.3) is 10.6 Å². The second-order valence-electron chi connectivity index (χ2n) is 5.06. The molecule has 4 nitrogen and oxygen atoms in total. The number of nitrogens with zero attached hydrogens (tertiary/aromatic N) is 1. The first-order chi connectivity index (χ1) is 8.85. The largest absolute Gasteiger partial charge is 0.460 e. The van der Waals surface area contributed by atoms with E-state index in [2.05, 4.69) is 4.98 Å². The number of hydrogen-bond acceptors (Lipinski definition) is 6. The van der Waals surface area contributed by atoms with Gasteiger partial charge in [-0.1, -0.05) is 6.07 Å². The van der Waals surface area contributed by atoms with Gasteiger partial charge in [0, 0.05) is 4.88 Å². The molecule has 0 aliphatic heterocycles. The van der Waals surface area contributed by atoms with Gasteiger partial charge in [-0.05, 0) is 32.2 Å². The number of aromatic nitrogens is 1. The number of esters is 1. The number of carbonyl (C=O) groups excluding carboxylic acids is 1. The van der Waals surface area contributed by atoms with E-state index in [9.17, 15) is 4.79 Å². The van der Waals surface area contributed by atoms with E-state index in [4.69, 9.17) is 10.5 Å². The average Bonchev–Trinajstić information content (AvgIpc) is 2.83. The van der Waals surface area contributed by atoms with Crippen molar-refractivity contribution < 1.29 is 9.53 Å². The SMILES string of the molecule is CC(C)(C)OC(=O)Cc1sc(N)nc1-c1cccs1. The summed E-state index contributed by atoms with van der Waals surface area (Å²) in [6, 6.07) is 3.92. The van der Waals surface area contributed by atoms with Crippen LogP contribution in [-0.2, 0) is 16.0 Å². The predicted octanol–water partition coefficient (Wildman–Crippen LogP) is 3.34. The molecule has 0 radical (unpaired) electrons. The molecule has 0 aliphatic carbocycles. The van der Waals surface area contributed by atoms with E-state index in [1.807, 2.05) is 38.3 Å². The van der Waals surface area contributed by atoms with Gasteiger partial charge < -0.3 is 10.5 Å². The second-order valence-corrected chi connectivity index (χ2v) is 7.13. The summed E-state index contributed by atoms with van der Waals surface area (Å²) < 4.78 is 5.33. The third-order valence-corrected chi connectivity index (χ3v) is 3.95. The van der Waals surface area contributed by atoms with E-state index in [-0.39, 0.29) is 12.4 Å². The lowest BCUT2D eigenvalue weighted by atomic mass is 10.2. The van der Waals surface area contributed by atoms with Crippen molar-refractivity contribution in [3.8, 4) is 10.6 Å². The molecule has 0 saturated heterocycles. The fourth-order valence-electron chi connectivity index (χ4n) is 1.60. The molecule has 2 aromatic rings. The lowest BCUT2D eigenvalue weighted by Crippen LogP contribution is -2.24. The number of anilines is 1. The maximum absolute atomic E-state index is 11.9. The summed E-state index contributed by atoms with van der Waals surface area (Å²) in [4.78, 5) is 18.1. The van der Waals surface area contributed by atoms with Crippen LogP contribution >= 0.6 is 22.7 Å². The van der Waals surface area contributed by atoms with Crippen molar-refractivity contribution in [1.29, 1.82) is 0 Å². The standard InChI is InChI=1S/C13H16N2O2S2/c1-13(2,3)17-10(16)7-9-11(15-12(14)19-9)8-5-4-6-18-8/h4-6H,7H2,1-3H3,(H2,14,15). The highest BCUT2D eigenvalue weighted by atomic mass is 32.1. The lowest BCUT2D eigenvalue weighted by molar-refractivity contribution is -0.153. The van der Waals surface area contributed by atoms with Gasteiger partial charge in [0.2, 0.25) is 0 Å². The molecule has 2 rings (SSSR count). The van der Waals surface area contributed by atoms with Crippen LogP contribution in [0.1, 0.15) is 25.6 Å². The van der Waals surface area contributed by atoms with Crippen molar-refractivity contribution in [2.75, 3.05) is 5.73 Å². The van der Waals surface area contributed by atoms with E-state index >= 15 is 0 Å². The molecule has 2 aromatic heterocycles. The molecule has 0 aliphatic rings. The fourth-order valence-corrected chi connectivity index (χ4v) is 3.24. The molecule has 2 N–H and O–H groups in total. The van der Waals surface area contributed by atoms with Gasteiger partial charge in [0.25, 0.3) is 0 Å². The zero-order valence-corrected chi connectivity index (χ0v) is 12.7. The Morgan fingerprint density at radius 3 is 2.79 bits per heavy atom. The van der Waals surface area contributed by atoms with Gasteiger partial charge in [0.05, 0.1) is 17.0 Å². The molecule has 0 saturated carbocycles. The van der Waals surface area contributed by atoms with Gasteiger partial charge in [0.1, 0.15) is 5.60 Å². The van der Waals surface area contributed by atoms with Crippen molar-refractivity contribution in [3.05, 3.63) is 22.4 Å². The Labute approximate surface area is 120 Å². The molecular formula is C13H16N2O2S2. The first kappa shape index (κ1) is 14.0. The third-order valence-electron chi connectivity index (χ3n) is 2.19. The first-order valence-electron chi connectivity index (χ1n) is 5.86. The van der Waals surface area contributed by atoms with Gasteiger partial charge >= 0.3 is 5.97 Å². The number of thiophene rings is 1. The third kappa shape index (κ3) is 3.78. The van der Waals surface area contributed by atoms with Crippen molar-refractivity contribution in [2.24, 2.45) is 0 Å². The number of nitrogens with two attached hydrogens (primary N) is 1. The van der Waals surface area contributed by atoms with Crippen LogP contribution in [0.5, 0.6) is 0 Å². The van der Waals surface area contributed by atoms with E-state index in [0.29, 0.717) is 5.13 Å². The minimum atomic E-state index is -0.476. The smallest absolute Gasteiger partial charge is 0.311 e. The molecule has 0 aromatic carbocycles. The van der Waals surface area contributed by atoms with Crippen molar-refractivity contribution in [1.82, 2.24) is 4.98 Å². The lowest BCUT2D eigenvalue weighted by Gasteiger charge is -2.19. The second kappa shape index (κ2) is 5.30. The monoisotopic (exact) mass is 296 g/mol. The highest BCUT2D eigenvalue weighted by molar-refractivity contribution is 7.17. The van der Waals surface area contributed by atoms with Crippen molar-refractivity contribution in [2.45, 2.75) is 32.8 Å². The molecular weight excluding hydrogens is 280 g/mol. The zero-order chi connectivity index (χ0) is 14.0. The van der Waals surface area contributed by atoms with E-state index in [0.717, 1.165) is 15.4 Å². The Morgan fingerprint density at radius 1 is 1.47 bits per heavy atom. The molecule has 19 heavy (non-hydrogen) atoms. The Bertz CT molecular complexity index is 568. The molecule has 0 amide bonds. The quantitative estimate of drug-likeness (QED) is 0.882. The van der Waals surface area contributed by atoms with E-state index < -0.39 is 5.60 Å². The summed E-state index contributed by atoms with van der Waals surface area (Å²) in [5, 5.41) is 2.45. The zero-order valence-electron chi connectivity index (χ0n) is 11.1. The maximum atomic E-state index is 11.9. The van der Waals surface area contributed by atoms with Gasteiger partial charge in [-0.15, -0.1) is 22.7 Å². The number of ether oxygens (including phenoxy) is 1. The number of thiazole rings is 1. The van der Waals surface area contributed by atoms with Crippen molar-refractivity contribution in [3.63, 3.8) is 0 Å². The minimum Gasteiger partial charge on any atom is -0.460 e. The molecule has 102 valence electrons. The van der Waals surface area contributed by atoms with Gasteiger partial charge in [-0.3, -0.25) is 4.79 Å². The Kier molecular flexibility index (Phi) is 3.91. The maximum Gasteiger partial charge on any atom is 0.311 e. The summed E-state index contributed by atoms with van der Waals surface area (Å²) in [7, 11) is 0. The first-order valence-corrected chi connectivity index (χ1v) is 7.55. The predicted molar refractivity (Wildman–Crippen MR) is 79.4 cm³/mol. The summed E-state index contributed by atoms with van der Waals surface area (Å²) in [5.74, 6) is -0.256. The van der Waals surface area contributed by atoms with Crippen LogP contribution in [0.2, 0.25) is 0 Å². The summed E-state index contributed by atoms with van der Waals surface area (Å²) in [6.07, 6.45) is 0.208. The highest BCUT2D eigenvalue weighted by Gasteiger charge is 2.20. The van der Waals surface area contributed by atoms with Crippen LogP contribution in [0, 0.1) is 0 Å². The molecule has 6 heteroatoms. The van der Waals surface area contributed by atoms with Gasteiger partial charge in [0.15, 0.2) is 5.13 Å². The van der Waals surface area contributed by atoms with Crippen LogP contribution in [0.15, 0.2) is 17.5 Å². The summed E-state index contributed by atoms with van der Waals surface area (Å²) in [6.45, 7) is 5.56. The summed E-state index contributed by atoms with van der Waals surface area (Å²) in [5.41, 5.74) is 6.07. The van der Waals surface area contributed by atoms with Crippen LogP contribution in [0.4, 0.5) is 5.13 Å². The number of carbonyl (C=O) groups is 1.